The molecule has 0 bridgehead atoms. The van der Waals surface area contributed by atoms with Gasteiger partial charge < -0.3 is 20.1 Å². The van der Waals surface area contributed by atoms with Crippen LogP contribution < -0.4 is 10.6 Å². The number of nitrogens with zero attached hydrogens (tertiary/aromatic N) is 1. The largest absolute Gasteiger partial charge is 0.464 e. The first-order chi connectivity index (χ1) is 14.3. The lowest BCUT2D eigenvalue weighted by Crippen LogP contribution is -2.51. The van der Waals surface area contributed by atoms with E-state index < -0.39 is 34.5 Å². The molecule has 0 spiro atoms. The zero-order valence-corrected chi connectivity index (χ0v) is 16.5. The Labute approximate surface area is 172 Å². The van der Waals surface area contributed by atoms with Gasteiger partial charge in [-0.2, -0.15) is 0 Å². The van der Waals surface area contributed by atoms with Crippen LogP contribution >= 0.6 is 0 Å². The standard InChI is InChI=1S/C20H23N3O7/c1-3-13-10-20(13,19(26)29-4-2)22-17(24)16-9-15(11-21-16)30-18(25)12-5-7-14(8-6-12)23(27)28/h3,5-8,13,15-16,21H,1,4,9-11H2,2H3,(H,22,24)/t13-,15?,16?,20-/m1/s1. The summed E-state index contributed by atoms with van der Waals surface area (Å²) in [6, 6.07) is 4.45. The molecule has 2 aliphatic rings. The Morgan fingerprint density at radius 3 is 2.63 bits per heavy atom. The summed E-state index contributed by atoms with van der Waals surface area (Å²) in [6.07, 6.45) is 1.75. The maximum Gasteiger partial charge on any atom is 0.338 e. The molecule has 1 aliphatic heterocycles. The summed E-state index contributed by atoms with van der Waals surface area (Å²) >= 11 is 0. The van der Waals surface area contributed by atoms with Gasteiger partial charge in [-0.15, -0.1) is 6.58 Å². The molecule has 1 aromatic rings. The normalized spacial score (nSPS) is 27.0. The third-order valence-corrected chi connectivity index (χ3v) is 5.28. The molecule has 2 unspecified atom stereocenters. The zero-order valence-electron chi connectivity index (χ0n) is 16.5. The molecular formula is C20H23N3O7. The lowest BCUT2D eigenvalue weighted by molar-refractivity contribution is -0.384. The monoisotopic (exact) mass is 417 g/mol. The fourth-order valence-corrected chi connectivity index (χ4v) is 3.50. The van der Waals surface area contributed by atoms with Gasteiger partial charge in [-0.25, -0.2) is 9.59 Å². The quantitative estimate of drug-likeness (QED) is 0.278. The fourth-order valence-electron chi connectivity index (χ4n) is 3.50. The highest BCUT2D eigenvalue weighted by molar-refractivity contribution is 5.94. The van der Waals surface area contributed by atoms with Crippen molar-refractivity contribution in [3.8, 4) is 0 Å². The summed E-state index contributed by atoms with van der Waals surface area (Å²) in [5.74, 6) is -1.67. The number of hydrogen-bond donors (Lipinski definition) is 2. The lowest BCUT2D eigenvalue weighted by atomic mass is 10.1. The molecule has 2 fully saturated rings. The first kappa shape index (κ1) is 21.4. The van der Waals surface area contributed by atoms with Gasteiger partial charge in [0.05, 0.1) is 23.1 Å². The second kappa shape index (κ2) is 8.62. The van der Waals surface area contributed by atoms with E-state index in [9.17, 15) is 24.5 Å². The second-order valence-electron chi connectivity index (χ2n) is 7.26. The van der Waals surface area contributed by atoms with E-state index in [0.29, 0.717) is 6.42 Å². The number of esters is 2. The summed E-state index contributed by atoms with van der Waals surface area (Å²) < 4.78 is 10.5. The number of rotatable bonds is 8. The number of hydrogen-bond acceptors (Lipinski definition) is 8. The topological polar surface area (TPSA) is 137 Å². The Kier molecular flexibility index (Phi) is 6.16. The molecule has 30 heavy (non-hydrogen) atoms. The number of nitro groups is 1. The predicted octanol–water partition coefficient (Wildman–Crippen LogP) is 1.11. The number of nitro benzene ring substituents is 1. The van der Waals surface area contributed by atoms with Crippen LogP contribution in [0.4, 0.5) is 5.69 Å². The van der Waals surface area contributed by atoms with Gasteiger partial charge in [0.2, 0.25) is 5.91 Å². The van der Waals surface area contributed by atoms with Crippen molar-refractivity contribution in [1.82, 2.24) is 10.6 Å². The fraction of sp³-hybridized carbons (Fsp3) is 0.450. The molecule has 160 valence electrons. The molecular weight excluding hydrogens is 394 g/mol. The second-order valence-corrected chi connectivity index (χ2v) is 7.26. The molecule has 10 nitrogen and oxygen atoms in total. The number of carbonyl (C=O) groups is 3. The van der Waals surface area contributed by atoms with E-state index in [0.717, 1.165) is 0 Å². The van der Waals surface area contributed by atoms with E-state index in [1.807, 2.05) is 0 Å². The highest BCUT2D eigenvalue weighted by Crippen LogP contribution is 2.45. The Morgan fingerprint density at radius 2 is 2.07 bits per heavy atom. The van der Waals surface area contributed by atoms with Gasteiger partial charge in [-0.05, 0) is 25.5 Å². The molecule has 2 N–H and O–H groups in total. The van der Waals surface area contributed by atoms with Gasteiger partial charge in [0.15, 0.2) is 0 Å². The number of ether oxygens (including phenoxy) is 2. The molecule has 4 atom stereocenters. The van der Waals surface area contributed by atoms with E-state index in [-0.39, 0.29) is 42.6 Å². The minimum Gasteiger partial charge on any atom is -0.464 e. The number of non-ortho nitro benzene ring substituents is 1. The summed E-state index contributed by atoms with van der Waals surface area (Å²) in [4.78, 5) is 47.3. The minimum atomic E-state index is -1.08. The van der Waals surface area contributed by atoms with Gasteiger partial charge in [0.25, 0.3) is 5.69 Å². The lowest BCUT2D eigenvalue weighted by Gasteiger charge is -2.20. The minimum absolute atomic E-state index is 0.126. The van der Waals surface area contributed by atoms with Crippen molar-refractivity contribution in [1.29, 1.82) is 0 Å². The van der Waals surface area contributed by atoms with Gasteiger partial charge in [-0.3, -0.25) is 14.9 Å². The number of amides is 1. The molecule has 0 aromatic heterocycles. The van der Waals surface area contributed by atoms with Crippen molar-refractivity contribution >= 4 is 23.5 Å². The maximum absolute atomic E-state index is 12.7. The maximum atomic E-state index is 12.7. The Morgan fingerprint density at radius 1 is 1.37 bits per heavy atom. The summed E-state index contributed by atoms with van der Waals surface area (Å²) in [5, 5.41) is 16.4. The third-order valence-electron chi connectivity index (χ3n) is 5.28. The summed E-state index contributed by atoms with van der Waals surface area (Å²) in [7, 11) is 0. The zero-order chi connectivity index (χ0) is 21.9. The average molecular weight is 417 g/mol. The van der Waals surface area contributed by atoms with Gasteiger partial charge >= 0.3 is 11.9 Å². The van der Waals surface area contributed by atoms with Crippen LogP contribution in [0.15, 0.2) is 36.9 Å². The van der Waals surface area contributed by atoms with Crippen LogP contribution in [0.3, 0.4) is 0 Å². The number of benzene rings is 1. The van der Waals surface area contributed by atoms with E-state index in [1.54, 1.807) is 13.0 Å². The van der Waals surface area contributed by atoms with Crippen molar-refractivity contribution in [3.05, 3.63) is 52.6 Å². The average Bonchev–Trinajstić information content (AvgIpc) is 3.25. The molecule has 1 saturated heterocycles. The number of carbonyl (C=O) groups excluding carboxylic acids is 3. The Hall–Kier alpha value is -3.27. The first-order valence-electron chi connectivity index (χ1n) is 9.61. The van der Waals surface area contributed by atoms with Crippen LogP contribution in [0.2, 0.25) is 0 Å². The van der Waals surface area contributed by atoms with E-state index >= 15 is 0 Å². The molecule has 3 rings (SSSR count). The molecule has 10 heteroatoms. The van der Waals surface area contributed by atoms with Gasteiger partial charge in [-0.1, -0.05) is 6.08 Å². The smallest absolute Gasteiger partial charge is 0.338 e. The molecule has 1 heterocycles. The summed E-state index contributed by atoms with van der Waals surface area (Å²) in [6.45, 7) is 5.86. The van der Waals surface area contributed by atoms with Gasteiger partial charge in [0, 0.05) is 31.0 Å². The molecule has 1 saturated carbocycles. The molecule has 1 aromatic carbocycles. The van der Waals surface area contributed by atoms with Crippen molar-refractivity contribution in [2.45, 2.75) is 37.5 Å². The number of nitrogens with one attached hydrogen (secondary N) is 2. The van der Waals surface area contributed by atoms with Crippen LogP contribution in [-0.2, 0) is 19.1 Å². The van der Waals surface area contributed by atoms with E-state index in [2.05, 4.69) is 17.2 Å². The van der Waals surface area contributed by atoms with Gasteiger partial charge in [0.1, 0.15) is 11.6 Å². The van der Waals surface area contributed by atoms with Crippen LogP contribution in [-0.4, -0.2) is 53.6 Å². The van der Waals surface area contributed by atoms with Crippen molar-refractivity contribution in [2.75, 3.05) is 13.2 Å². The molecule has 1 amide bonds. The summed E-state index contributed by atoms with van der Waals surface area (Å²) in [5.41, 5.74) is -1.02. The van der Waals surface area contributed by atoms with Crippen LogP contribution in [0, 0.1) is 16.0 Å². The Bertz CT molecular complexity index is 870. The highest BCUT2D eigenvalue weighted by Gasteiger charge is 2.61. The molecule has 0 radical (unpaired) electrons. The third kappa shape index (κ3) is 4.33. The van der Waals surface area contributed by atoms with Crippen molar-refractivity contribution < 1.29 is 28.8 Å². The SMILES string of the molecule is C=C[C@@H]1C[C@]1(NC(=O)C1CC(OC(=O)c2ccc([N+](=O)[O-])cc2)CN1)C(=O)OCC. The predicted molar refractivity (Wildman–Crippen MR) is 105 cm³/mol. The van der Waals surface area contributed by atoms with Crippen molar-refractivity contribution in [3.63, 3.8) is 0 Å². The molecule has 1 aliphatic carbocycles. The first-order valence-corrected chi connectivity index (χ1v) is 9.61. The van der Waals surface area contributed by atoms with Crippen molar-refractivity contribution in [2.24, 2.45) is 5.92 Å². The van der Waals surface area contributed by atoms with E-state index in [1.165, 1.54) is 24.3 Å². The van der Waals surface area contributed by atoms with E-state index in [4.69, 9.17) is 9.47 Å². The van der Waals surface area contributed by atoms with Crippen LogP contribution in [0.1, 0.15) is 30.1 Å². The highest BCUT2D eigenvalue weighted by atomic mass is 16.6. The Balaban J connectivity index is 1.55. The van der Waals surface area contributed by atoms with Crippen LogP contribution in [0.25, 0.3) is 0 Å². The van der Waals surface area contributed by atoms with Crippen LogP contribution in [0.5, 0.6) is 0 Å².